The third kappa shape index (κ3) is 4.31. The molecule has 0 aliphatic carbocycles. The summed E-state index contributed by atoms with van der Waals surface area (Å²) in [6, 6.07) is 3.83. The molecule has 130 valence electrons. The fraction of sp³-hybridized carbons (Fsp3) is 0.250. The molecule has 3 rings (SSSR count). The van der Waals surface area contributed by atoms with Gasteiger partial charge in [0.1, 0.15) is 5.76 Å². The third-order valence-corrected chi connectivity index (χ3v) is 5.15. The van der Waals surface area contributed by atoms with Gasteiger partial charge in [-0.1, -0.05) is 6.07 Å². The normalized spacial score (nSPS) is 10.8. The fourth-order valence-electron chi connectivity index (χ4n) is 2.15. The van der Waals surface area contributed by atoms with Crippen molar-refractivity contribution in [3.05, 3.63) is 45.0 Å². The third-order valence-electron chi connectivity index (χ3n) is 3.38. The van der Waals surface area contributed by atoms with Crippen LogP contribution in [0.15, 0.2) is 27.3 Å². The number of oxazole rings is 1. The number of thiophene rings is 1. The second kappa shape index (κ2) is 7.58. The van der Waals surface area contributed by atoms with Gasteiger partial charge in [-0.05, 0) is 18.4 Å². The van der Waals surface area contributed by atoms with Crippen molar-refractivity contribution >= 4 is 34.6 Å². The molecule has 3 aromatic rings. The minimum absolute atomic E-state index is 0.0330. The Kier molecular flexibility index (Phi) is 5.25. The van der Waals surface area contributed by atoms with E-state index >= 15 is 0 Å². The topological polar surface area (TPSA) is 105 Å². The van der Waals surface area contributed by atoms with Crippen LogP contribution in [0.25, 0.3) is 10.8 Å². The predicted molar refractivity (Wildman–Crippen MR) is 94.0 cm³/mol. The Labute approximate surface area is 151 Å². The number of hydrogen-bond acceptors (Lipinski definition) is 7. The lowest BCUT2D eigenvalue weighted by molar-refractivity contribution is -0.120. The second-order valence-electron chi connectivity index (χ2n) is 5.21. The van der Waals surface area contributed by atoms with E-state index in [0.717, 1.165) is 4.88 Å². The van der Waals surface area contributed by atoms with Crippen molar-refractivity contribution < 1.29 is 19.1 Å². The van der Waals surface area contributed by atoms with E-state index in [1.165, 1.54) is 28.1 Å². The zero-order valence-corrected chi connectivity index (χ0v) is 14.9. The number of carboxylic acid groups (broad SMARTS) is 1. The van der Waals surface area contributed by atoms with Crippen LogP contribution in [0.5, 0.6) is 0 Å². The predicted octanol–water partition coefficient (Wildman–Crippen LogP) is 2.77. The molecule has 0 saturated carbocycles. The number of amides is 1. The zero-order valence-electron chi connectivity index (χ0n) is 13.3. The van der Waals surface area contributed by atoms with Crippen molar-refractivity contribution in [2.24, 2.45) is 0 Å². The molecule has 0 atom stereocenters. The first-order chi connectivity index (χ1) is 12.0. The molecule has 7 nitrogen and oxygen atoms in total. The maximum Gasteiger partial charge on any atom is 0.355 e. The molecule has 0 spiro atoms. The lowest BCUT2D eigenvalue weighted by Crippen LogP contribution is -2.27. The molecule has 1 amide bonds. The molecule has 0 fully saturated rings. The highest BCUT2D eigenvalue weighted by molar-refractivity contribution is 7.13. The zero-order chi connectivity index (χ0) is 17.8. The van der Waals surface area contributed by atoms with E-state index in [1.54, 1.807) is 6.92 Å². The Hall–Kier alpha value is -2.52. The molecule has 2 N–H and O–H groups in total. The van der Waals surface area contributed by atoms with Crippen LogP contribution in [-0.4, -0.2) is 33.5 Å². The largest absolute Gasteiger partial charge is 0.476 e. The number of carbonyl (C=O) groups excluding carboxylic acids is 1. The van der Waals surface area contributed by atoms with E-state index in [9.17, 15) is 9.59 Å². The van der Waals surface area contributed by atoms with Gasteiger partial charge in [-0.15, -0.1) is 22.7 Å². The summed E-state index contributed by atoms with van der Waals surface area (Å²) in [5, 5.41) is 15.7. The summed E-state index contributed by atoms with van der Waals surface area (Å²) in [6.07, 6.45) is 0.626. The number of aryl methyl sites for hydroxylation is 1. The highest BCUT2D eigenvalue weighted by atomic mass is 32.1. The highest BCUT2D eigenvalue weighted by Gasteiger charge is 2.15. The Morgan fingerprint density at radius 1 is 1.32 bits per heavy atom. The van der Waals surface area contributed by atoms with Gasteiger partial charge in [0.25, 0.3) is 0 Å². The average molecular weight is 377 g/mol. The molecule has 0 aliphatic heterocycles. The summed E-state index contributed by atoms with van der Waals surface area (Å²) >= 11 is 2.80. The van der Waals surface area contributed by atoms with E-state index in [1.807, 2.05) is 17.5 Å². The van der Waals surface area contributed by atoms with Crippen molar-refractivity contribution in [3.8, 4) is 10.8 Å². The summed E-state index contributed by atoms with van der Waals surface area (Å²) < 4.78 is 5.61. The maximum atomic E-state index is 12.1. The minimum atomic E-state index is -1.05. The van der Waals surface area contributed by atoms with Gasteiger partial charge < -0.3 is 14.8 Å². The van der Waals surface area contributed by atoms with Crippen molar-refractivity contribution in [3.63, 3.8) is 0 Å². The summed E-state index contributed by atoms with van der Waals surface area (Å²) in [7, 11) is 0. The van der Waals surface area contributed by atoms with Crippen LogP contribution >= 0.6 is 22.7 Å². The Balaban J connectivity index is 1.51. The number of carbonyl (C=O) groups is 2. The molecule has 0 radical (unpaired) electrons. The van der Waals surface area contributed by atoms with Crippen LogP contribution in [-0.2, 0) is 17.6 Å². The van der Waals surface area contributed by atoms with Crippen molar-refractivity contribution in [1.82, 2.24) is 15.3 Å². The van der Waals surface area contributed by atoms with Gasteiger partial charge in [-0.3, -0.25) is 4.79 Å². The lowest BCUT2D eigenvalue weighted by Gasteiger charge is -2.02. The molecule has 0 bridgehead atoms. The molecule has 0 aliphatic rings. The summed E-state index contributed by atoms with van der Waals surface area (Å²) in [6.45, 7) is 2.18. The van der Waals surface area contributed by atoms with E-state index in [2.05, 4.69) is 15.3 Å². The van der Waals surface area contributed by atoms with Gasteiger partial charge in [0.15, 0.2) is 5.69 Å². The maximum absolute atomic E-state index is 12.1. The monoisotopic (exact) mass is 377 g/mol. The van der Waals surface area contributed by atoms with Gasteiger partial charge in [0.05, 0.1) is 22.0 Å². The molecule has 25 heavy (non-hydrogen) atoms. The van der Waals surface area contributed by atoms with E-state index in [4.69, 9.17) is 9.52 Å². The minimum Gasteiger partial charge on any atom is -0.476 e. The Morgan fingerprint density at radius 3 is 2.84 bits per heavy atom. The number of rotatable bonds is 7. The summed E-state index contributed by atoms with van der Waals surface area (Å²) in [5.41, 5.74) is 0.647. The summed E-state index contributed by atoms with van der Waals surface area (Å²) in [5.74, 6) is -0.0532. The van der Waals surface area contributed by atoms with Crippen LogP contribution in [0.4, 0.5) is 0 Å². The number of aromatic nitrogens is 2. The Bertz CT molecular complexity index is 883. The van der Waals surface area contributed by atoms with Crippen molar-refractivity contribution in [2.75, 3.05) is 6.54 Å². The van der Waals surface area contributed by atoms with Gasteiger partial charge in [-0.2, -0.15) is 0 Å². The van der Waals surface area contributed by atoms with Crippen LogP contribution in [0.2, 0.25) is 0 Å². The fourth-order valence-corrected chi connectivity index (χ4v) is 3.57. The van der Waals surface area contributed by atoms with Gasteiger partial charge >= 0.3 is 5.97 Å². The number of hydrogen-bond donors (Lipinski definition) is 2. The molecule has 0 aromatic carbocycles. The number of carboxylic acids is 1. The Morgan fingerprint density at radius 2 is 2.16 bits per heavy atom. The highest BCUT2D eigenvalue weighted by Crippen LogP contribution is 2.26. The molecule has 9 heteroatoms. The number of thiazole rings is 1. The molecule has 0 saturated heterocycles. The SMILES string of the molecule is Cc1oc(-c2cccs2)nc1CC(=O)NCCc1nc(C(=O)O)cs1. The van der Waals surface area contributed by atoms with Gasteiger partial charge in [0.2, 0.25) is 11.8 Å². The van der Waals surface area contributed by atoms with Crippen LogP contribution < -0.4 is 5.32 Å². The number of aromatic carboxylic acids is 1. The average Bonchev–Trinajstić information content (AvgIpc) is 3.29. The summed E-state index contributed by atoms with van der Waals surface area (Å²) in [4.78, 5) is 32.1. The first-order valence-corrected chi connectivity index (χ1v) is 9.23. The van der Waals surface area contributed by atoms with Crippen molar-refractivity contribution in [1.29, 1.82) is 0 Å². The van der Waals surface area contributed by atoms with Crippen molar-refractivity contribution in [2.45, 2.75) is 19.8 Å². The molecular weight excluding hydrogens is 362 g/mol. The van der Waals surface area contributed by atoms with Gasteiger partial charge in [-0.25, -0.2) is 14.8 Å². The first kappa shape index (κ1) is 17.3. The lowest BCUT2D eigenvalue weighted by atomic mass is 10.2. The first-order valence-electron chi connectivity index (χ1n) is 7.47. The van der Waals surface area contributed by atoms with Crippen LogP contribution in [0, 0.1) is 6.92 Å². The van der Waals surface area contributed by atoms with E-state index in [0.29, 0.717) is 35.3 Å². The smallest absolute Gasteiger partial charge is 0.355 e. The van der Waals surface area contributed by atoms with E-state index in [-0.39, 0.29) is 18.0 Å². The number of nitrogens with zero attached hydrogens (tertiary/aromatic N) is 2. The molecular formula is C16H15N3O4S2. The second-order valence-corrected chi connectivity index (χ2v) is 7.10. The quantitative estimate of drug-likeness (QED) is 0.656. The number of nitrogens with one attached hydrogen (secondary N) is 1. The van der Waals surface area contributed by atoms with Crippen LogP contribution in [0.3, 0.4) is 0 Å². The van der Waals surface area contributed by atoms with Crippen LogP contribution in [0.1, 0.15) is 27.0 Å². The van der Waals surface area contributed by atoms with Gasteiger partial charge in [0, 0.05) is 18.3 Å². The molecule has 0 unspecified atom stereocenters. The van der Waals surface area contributed by atoms with E-state index < -0.39 is 5.97 Å². The molecule has 3 heterocycles. The standard InChI is InChI=1S/C16H15N3O4S2/c1-9-10(19-15(23-9)12-3-2-6-24-12)7-13(20)17-5-4-14-18-11(8-25-14)16(21)22/h2-3,6,8H,4-5,7H2,1H3,(H,17,20)(H,21,22). The molecule has 3 aromatic heterocycles.